The maximum absolute atomic E-state index is 11.3. The van der Waals surface area contributed by atoms with E-state index in [1.807, 2.05) is 6.07 Å². The fourth-order valence-corrected chi connectivity index (χ4v) is 1.16. The lowest BCUT2D eigenvalue weighted by Gasteiger charge is -2.09. The van der Waals surface area contributed by atoms with Crippen LogP contribution in [-0.4, -0.2) is 11.9 Å². The number of hydrogen-bond donors (Lipinski definition) is 2. The Hall–Kier alpha value is -1.57. The third-order valence-corrected chi connectivity index (χ3v) is 2.08. The maximum Gasteiger partial charge on any atom is 0.241 e. The van der Waals surface area contributed by atoms with E-state index in [0.717, 1.165) is 0 Å². The number of halogens is 1. The number of nitrogens with one attached hydrogen (secondary N) is 1. The van der Waals surface area contributed by atoms with Crippen LogP contribution in [0.2, 0.25) is 5.02 Å². The monoisotopic (exact) mass is 223 g/mol. The van der Waals surface area contributed by atoms with Crippen LogP contribution >= 0.6 is 11.6 Å². The lowest BCUT2D eigenvalue weighted by atomic mass is 10.2. The van der Waals surface area contributed by atoms with E-state index in [2.05, 4.69) is 5.32 Å². The zero-order valence-electron chi connectivity index (χ0n) is 8.12. The van der Waals surface area contributed by atoms with Crippen molar-refractivity contribution < 1.29 is 4.79 Å². The van der Waals surface area contributed by atoms with E-state index in [1.165, 1.54) is 6.07 Å². The molecule has 0 unspecified atom stereocenters. The molecule has 0 aromatic heterocycles. The smallest absolute Gasteiger partial charge is 0.241 e. The SMILES string of the molecule is C[C@H](N)C(=O)Nc1ccc(C#N)cc1Cl. The number of carbonyl (C=O) groups excluding carboxylic acids is 1. The van der Waals surface area contributed by atoms with Crippen molar-refractivity contribution in [3.8, 4) is 6.07 Å². The van der Waals surface area contributed by atoms with Gasteiger partial charge in [0.25, 0.3) is 0 Å². The van der Waals surface area contributed by atoms with E-state index in [1.54, 1.807) is 19.1 Å². The summed E-state index contributed by atoms with van der Waals surface area (Å²) in [6, 6.07) is 5.98. The summed E-state index contributed by atoms with van der Waals surface area (Å²) < 4.78 is 0. The number of nitrogens with zero attached hydrogens (tertiary/aromatic N) is 1. The van der Waals surface area contributed by atoms with Gasteiger partial charge in [-0.1, -0.05) is 11.6 Å². The van der Waals surface area contributed by atoms with Crippen LogP contribution in [-0.2, 0) is 4.79 Å². The quantitative estimate of drug-likeness (QED) is 0.798. The van der Waals surface area contributed by atoms with Crippen molar-refractivity contribution in [2.24, 2.45) is 5.73 Å². The van der Waals surface area contributed by atoms with Crippen LogP contribution in [0.1, 0.15) is 12.5 Å². The molecule has 0 aliphatic heterocycles. The number of amides is 1. The third kappa shape index (κ3) is 2.94. The molecule has 0 saturated carbocycles. The number of anilines is 1. The fraction of sp³-hybridized carbons (Fsp3) is 0.200. The molecule has 5 heteroatoms. The molecule has 15 heavy (non-hydrogen) atoms. The minimum Gasteiger partial charge on any atom is -0.323 e. The van der Waals surface area contributed by atoms with Crippen molar-refractivity contribution in [2.75, 3.05) is 5.32 Å². The molecule has 1 amide bonds. The first kappa shape index (κ1) is 11.5. The van der Waals surface area contributed by atoms with Gasteiger partial charge in [0.05, 0.1) is 28.4 Å². The second-order valence-corrected chi connectivity index (χ2v) is 3.49. The molecule has 0 aliphatic carbocycles. The molecule has 1 rings (SSSR count). The Morgan fingerprint density at radius 1 is 1.67 bits per heavy atom. The van der Waals surface area contributed by atoms with Gasteiger partial charge >= 0.3 is 0 Å². The predicted molar refractivity (Wildman–Crippen MR) is 58.4 cm³/mol. The second-order valence-electron chi connectivity index (χ2n) is 3.08. The lowest BCUT2D eigenvalue weighted by Crippen LogP contribution is -2.32. The van der Waals surface area contributed by atoms with Gasteiger partial charge in [-0.15, -0.1) is 0 Å². The predicted octanol–water partition coefficient (Wildman–Crippen LogP) is 1.50. The molecule has 0 bridgehead atoms. The summed E-state index contributed by atoms with van der Waals surface area (Å²) in [7, 11) is 0. The Morgan fingerprint density at radius 2 is 2.33 bits per heavy atom. The highest BCUT2D eigenvalue weighted by atomic mass is 35.5. The maximum atomic E-state index is 11.3. The van der Waals surface area contributed by atoms with Crippen molar-refractivity contribution in [2.45, 2.75) is 13.0 Å². The Labute approximate surface area is 92.6 Å². The average molecular weight is 224 g/mol. The normalized spacial score (nSPS) is 11.6. The minimum absolute atomic E-state index is 0.318. The van der Waals surface area contributed by atoms with E-state index >= 15 is 0 Å². The van der Waals surface area contributed by atoms with Gasteiger partial charge in [0.2, 0.25) is 5.91 Å². The molecular formula is C10H10ClN3O. The molecule has 1 aromatic carbocycles. The van der Waals surface area contributed by atoms with Crippen LogP contribution in [0, 0.1) is 11.3 Å². The molecule has 3 N–H and O–H groups in total. The average Bonchev–Trinajstić information content (AvgIpc) is 2.20. The van der Waals surface area contributed by atoms with Gasteiger partial charge in [0, 0.05) is 0 Å². The number of nitriles is 1. The van der Waals surface area contributed by atoms with Crippen molar-refractivity contribution in [1.82, 2.24) is 0 Å². The zero-order chi connectivity index (χ0) is 11.4. The minimum atomic E-state index is -0.600. The Kier molecular flexibility index (Phi) is 3.67. The summed E-state index contributed by atoms with van der Waals surface area (Å²) in [5, 5.41) is 11.5. The van der Waals surface area contributed by atoms with Crippen LogP contribution in [0.5, 0.6) is 0 Å². The molecule has 78 valence electrons. The summed E-state index contributed by atoms with van der Waals surface area (Å²) >= 11 is 5.85. The first-order valence-electron chi connectivity index (χ1n) is 4.30. The molecule has 0 fully saturated rings. The van der Waals surface area contributed by atoms with E-state index in [9.17, 15) is 4.79 Å². The van der Waals surface area contributed by atoms with Crippen molar-refractivity contribution in [3.63, 3.8) is 0 Å². The van der Waals surface area contributed by atoms with E-state index in [-0.39, 0.29) is 5.91 Å². The number of nitrogens with two attached hydrogens (primary N) is 1. The summed E-state index contributed by atoms with van der Waals surface area (Å²) in [4.78, 5) is 11.3. The van der Waals surface area contributed by atoms with Gasteiger partial charge in [0.15, 0.2) is 0 Å². The molecule has 4 nitrogen and oxygen atoms in total. The van der Waals surface area contributed by atoms with Gasteiger partial charge < -0.3 is 11.1 Å². The van der Waals surface area contributed by atoms with E-state index in [0.29, 0.717) is 16.3 Å². The molecule has 0 spiro atoms. The Balaban J connectivity index is 2.89. The molecule has 1 aromatic rings. The van der Waals surface area contributed by atoms with Crippen LogP contribution in [0.15, 0.2) is 18.2 Å². The highest BCUT2D eigenvalue weighted by Crippen LogP contribution is 2.22. The molecule has 1 atom stereocenters. The summed E-state index contributed by atoms with van der Waals surface area (Å²) in [6.45, 7) is 1.58. The number of carbonyl (C=O) groups is 1. The Bertz CT molecular complexity index is 423. The number of hydrogen-bond acceptors (Lipinski definition) is 3. The van der Waals surface area contributed by atoms with E-state index < -0.39 is 6.04 Å². The first-order chi connectivity index (χ1) is 7.04. The molecule has 0 heterocycles. The van der Waals surface area contributed by atoms with Crippen LogP contribution in [0.4, 0.5) is 5.69 Å². The van der Waals surface area contributed by atoms with Crippen molar-refractivity contribution in [3.05, 3.63) is 28.8 Å². The largest absolute Gasteiger partial charge is 0.323 e. The zero-order valence-corrected chi connectivity index (χ0v) is 8.88. The molecule has 0 radical (unpaired) electrons. The fourth-order valence-electron chi connectivity index (χ4n) is 0.933. The lowest BCUT2D eigenvalue weighted by molar-refractivity contribution is -0.117. The number of rotatable bonds is 2. The van der Waals surface area contributed by atoms with Gasteiger partial charge in [-0.2, -0.15) is 5.26 Å². The van der Waals surface area contributed by atoms with E-state index in [4.69, 9.17) is 22.6 Å². The standard InChI is InChI=1S/C10H10ClN3O/c1-6(13)10(15)14-9-3-2-7(5-12)4-8(9)11/h2-4,6H,13H2,1H3,(H,14,15)/t6-/m0/s1. The summed E-state index contributed by atoms with van der Waals surface area (Å²) in [5.41, 5.74) is 6.28. The molecule has 0 aliphatic rings. The van der Waals surface area contributed by atoms with Gasteiger partial charge in [-0.25, -0.2) is 0 Å². The molecule has 0 saturated heterocycles. The van der Waals surface area contributed by atoms with Crippen LogP contribution in [0.25, 0.3) is 0 Å². The van der Waals surface area contributed by atoms with Gasteiger partial charge in [-0.05, 0) is 25.1 Å². The summed E-state index contributed by atoms with van der Waals surface area (Å²) in [6.07, 6.45) is 0. The van der Waals surface area contributed by atoms with Crippen LogP contribution < -0.4 is 11.1 Å². The second kappa shape index (κ2) is 4.78. The topological polar surface area (TPSA) is 78.9 Å². The number of benzene rings is 1. The third-order valence-electron chi connectivity index (χ3n) is 1.77. The van der Waals surface area contributed by atoms with Crippen LogP contribution in [0.3, 0.4) is 0 Å². The first-order valence-corrected chi connectivity index (χ1v) is 4.68. The van der Waals surface area contributed by atoms with Crippen molar-refractivity contribution in [1.29, 1.82) is 5.26 Å². The molecular weight excluding hydrogens is 214 g/mol. The Morgan fingerprint density at radius 3 is 2.80 bits per heavy atom. The van der Waals surface area contributed by atoms with Gasteiger partial charge in [0.1, 0.15) is 0 Å². The summed E-state index contributed by atoms with van der Waals surface area (Å²) in [5.74, 6) is -0.318. The highest BCUT2D eigenvalue weighted by Gasteiger charge is 2.09. The van der Waals surface area contributed by atoms with Crippen molar-refractivity contribution >= 4 is 23.2 Å². The van der Waals surface area contributed by atoms with Gasteiger partial charge in [-0.3, -0.25) is 4.79 Å². The highest BCUT2D eigenvalue weighted by molar-refractivity contribution is 6.33.